The molecule has 0 aromatic heterocycles. The van der Waals surface area contributed by atoms with Gasteiger partial charge in [-0.05, 0) is 33.1 Å². The van der Waals surface area contributed by atoms with Crippen molar-refractivity contribution in [1.82, 2.24) is 0 Å². The molecule has 0 rings (SSSR count). The van der Waals surface area contributed by atoms with Crippen LogP contribution >= 0.6 is 34.8 Å². The monoisotopic (exact) mass is 357 g/mol. The van der Waals surface area contributed by atoms with Gasteiger partial charge in [-0.1, -0.05) is 34.8 Å². The summed E-state index contributed by atoms with van der Waals surface area (Å²) >= 11 is 16.7. The second kappa shape index (κ2) is 8.28. The molecule has 0 aliphatic rings. The topological polar surface area (TPSA) is 29.1 Å². The molecule has 0 N–H and O–H groups in total. The molecule has 121 valence electrons. The standard InChI is InChI=1S/C12H19Cl3F3O2/c1-10(2,20-8-6-11(13,14)15)5-3-9(4-7-19)12(16,17)18/h9H,3-8H2,1-2H3. The van der Waals surface area contributed by atoms with Crippen molar-refractivity contribution in [2.24, 2.45) is 5.92 Å². The van der Waals surface area contributed by atoms with Crippen LogP contribution in [0.3, 0.4) is 0 Å². The predicted octanol–water partition coefficient (Wildman–Crippen LogP) is 5.32. The van der Waals surface area contributed by atoms with Crippen LogP contribution in [-0.4, -0.2) is 28.8 Å². The van der Waals surface area contributed by atoms with Crippen LogP contribution in [-0.2, 0) is 9.84 Å². The fourth-order valence-corrected chi connectivity index (χ4v) is 1.88. The van der Waals surface area contributed by atoms with Gasteiger partial charge in [0.2, 0.25) is 0 Å². The van der Waals surface area contributed by atoms with E-state index in [0.717, 1.165) is 0 Å². The van der Waals surface area contributed by atoms with Crippen LogP contribution in [0.1, 0.15) is 39.5 Å². The van der Waals surface area contributed by atoms with Gasteiger partial charge in [0, 0.05) is 6.42 Å². The molecule has 20 heavy (non-hydrogen) atoms. The SMILES string of the molecule is CC(C)(CCC(CC[O])C(F)(F)F)OCCC(Cl)(Cl)Cl. The zero-order chi connectivity index (χ0) is 16.0. The lowest BCUT2D eigenvalue weighted by Crippen LogP contribution is -2.30. The van der Waals surface area contributed by atoms with Gasteiger partial charge < -0.3 is 4.74 Å². The Balaban J connectivity index is 4.24. The molecule has 1 atom stereocenters. The third kappa shape index (κ3) is 10.3. The normalized spacial score (nSPS) is 15.4. The quantitative estimate of drug-likeness (QED) is 0.540. The van der Waals surface area contributed by atoms with E-state index in [1.165, 1.54) is 0 Å². The van der Waals surface area contributed by atoms with Crippen molar-refractivity contribution in [3.8, 4) is 0 Å². The fourth-order valence-electron chi connectivity index (χ4n) is 1.65. The van der Waals surface area contributed by atoms with E-state index in [1.54, 1.807) is 13.8 Å². The summed E-state index contributed by atoms with van der Waals surface area (Å²) in [6.45, 7) is 2.76. The second-order valence-corrected chi connectivity index (χ2v) is 7.76. The second-order valence-electron chi connectivity index (χ2n) is 5.24. The Morgan fingerprint density at radius 3 is 2.00 bits per heavy atom. The first-order chi connectivity index (χ1) is 8.87. The van der Waals surface area contributed by atoms with Gasteiger partial charge in [-0.15, -0.1) is 0 Å². The van der Waals surface area contributed by atoms with Crippen molar-refractivity contribution >= 4 is 34.8 Å². The van der Waals surface area contributed by atoms with Crippen molar-refractivity contribution in [1.29, 1.82) is 0 Å². The summed E-state index contributed by atoms with van der Waals surface area (Å²) in [4.78, 5) is 0. The molecule has 8 heteroatoms. The molecule has 0 aromatic carbocycles. The molecule has 2 nitrogen and oxygen atoms in total. The summed E-state index contributed by atoms with van der Waals surface area (Å²) in [5.74, 6) is -1.59. The van der Waals surface area contributed by atoms with Crippen molar-refractivity contribution in [2.75, 3.05) is 13.2 Å². The molecular weight excluding hydrogens is 339 g/mol. The van der Waals surface area contributed by atoms with Crippen LogP contribution in [0.15, 0.2) is 0 Å². The van der Waals surface area contributed by atoms with Crippen LogP contribution in [0.25, 0.3) is 0 Å². The molecule has 0 amide bonds. The summed E-state index contributed by atoms with van der Waals surface area (Å²) in [6.07, 6.45) is -4.57. The molecule has 0 saturated heterocycles. The van der Waals surface area contributed by atoms with Crippen molar-refractivity contribution in [2.45, 2.75) is 55.1 Å². The van der Waals surface area contributed by atoms with Gasteiger partial charge in [0.25, 0.3) is 0 Å². The number of rotatable bonds is 8. The van der Waals surface area contributed by atoms with Crippen molar-refractivity contribution in [3.05, 3.63) is 0 Å². The summed E-state index contributed by atoms with van der Waals surface area (Å²) in [5, 5.41) is 10.4. The Kier molecular flexibility index (Phi) is 8.52. The Labute approximate surface area is 132 Å². The van der Waals surface area contributed by atoms with E-state index in [2.05, 4.69) is 0 Å². The average molecular weight is 359 g/mol. The van der Waals surface area contributed by atoms with Crippen LogP contribution in [0.4, 0.5) is 13.2 Å². The molecule has 0 aliphatic carbocycles. The van der Waals surface area contributed by atoms with Crippen LogP contribution in [0.2, 0.25) is 0 Å². The summed E-state index contributed by atoms with van der Waals surface area (Å²) in [6, 6.07) is 0. The van der Waals surface area contributed by atoms with E-state index >= 15 is 0 Å². The number of ether oxygens (including phenoxy) is 1. The maximum absolute atomic E-state index is 12.7. The van der Waals surface area contributed by atoms with E-state index in [9.17, 15) is 18.3 Å². The highest BCUT2D eigenvalue weighted by atomic mass is 35.6. The Bertz CT molecular complexity index is 278. The molecule has 0 spiro atoms. The molecule has 0 fully saturated rings. The van der Waals surface area contributed by atoms with E-state index < -0.39 is 34.5 Å². The molecule has 1 radical (unpaired) electrons. The van der Waals surface area contributed by atoms with Gasteiger partial charge in [0.1, 0.15) is 0 Å². The summed E-state index contributed by atoms with van der Waals surface area (Å²) in [7, 11) is 0. The highest BCUT2D eigenvalue weighted by Crippen LogP contribution is 2.35. The van der Waals surface area contributed by atoms with Crippen molar-refractivity contribution < 1.29 is 23.0 Å². The third-order valence-corrected chi connectivity index (χ3v) is 3.47. The minimum Gasteiger partial charge on any atom is -0.375 e. The zero-order valence-corrected chi connectivity index (χ0v) is 13.7. The first kappa shape index (κ1) is 20.6. The molecular formula is C12H19Cl3F3O2. The Morgan fingerprint density at radius 2 is 1.60 bits per heavy atom. The van der Waals surface area contributed by atoms with Gasteiger partial charge in [-0.25, -0.2) is 5.11 Å². The molecule has 1 unspecified atom stereocenters. The third-order valence-electron chi connectivity index (χ3n) is 2.90. The number of hydrogen-bond donors (Lipinski definition) is 0. The van der Waals surface area contributed by atoms with Gasteiger partial charge >= 0.3 is 6.18 Å². The predicted molar refractivity (Wildman–Crippen MR) is 73.9 cm³/mol. The lowest BCUT2D eigenvalue weighted by molar-refractivity contribution is -0.184. The molecule has 0 heterocycles. The van der Waals surface area contributed by atoms with Crippen molar-refractivity contribution in [3.63, 3.8) is 0 Å². The molecule has 0 bridgehead atoms. The van der Waals surface area contributed by atoms with Gasteiger partial charge in [0.05, 0.1) is 24.7 Å². The van der Waals surface area contributed by atoms with E-state index in [1.807, 2.05) is 0 Å². The molecule has 0 aromatic rings. The van der Waals surface area contributed by atoms with Gasteiger partial charge in [-0.3, -0.25) is 0 Å². The summed E-state index contributed by atoms with van der Waals surface area (Å²) < 4.78 is 42.0. The fraction of sp³-hybridized carbons (Fsp3) is 1.00. The van der Waals surface area contributed by atoms with Crippen LogP contribution in [0.5, 0.6) is 0 Å². The zero-order valence-electron chi connectivity index (χ0n) is 11.4. The minimum atomic E-state index is -4.35. The first-order valence-electron chi connectivity index (χ1n) is 6.23. The highest BCUT2D eigenvalue weighted by molar-refractivity contribution is 6.67. The largest absolute Gasteiger partial charge is 0.391 e. The Hall–Kier alpha value is 0.580. The number of halogens is 6. The maximum atomic E-state index is 12.7. The van der Waals surface area contributed by atoms with E-state index in [4.69, 9.17) is 39.5 Å². The lowest BCUT2D eigenvalue weighted by atomic mass is 9.92. The lowest BCUT2D eigenvalue weighted by Gasteiger charge is -2.29. The van der Waals surface area contributed by atoms with E-state index in [-0.39, 0.29) is 25.9 Å². The van der Waals surface area contributed by atoms with Crippen LogP contribution < -0.4 is 0 Å². The maximum Gasteiger partial charge on any atom is 0.391 e. The van der Waals surface area contributed by atoms with E-state index in [0.29, 0.717) is 0 Å². The molecule has 0 saturated carbocycles. The number of hydrogen-bond acceptors (Lipinski definition) is 1. The highest BCUT2D eigenvalue weighted by Gasteiger charge is 2.39. The number of alkyl halides is 6. The summed E-state index contributed by atoms with van der Waals surface area (Å²) in [5.41, 5.74) is -0.762. The average Bonchev–Trinajstić information content (AvgIpc) is 2.20. The van der Waals surface area contributed by atoms with Crippen LogP contribution in [0, 0.1) is 5.92 Å². The smallest absolute Gasteiger partial charge is 0.375 e. The van der Waals surface area contributed by atoms with Gasteiger partial charge in [-0.2, -0.15) is 13.2 Å². The first-order valence-corrected chi connectivity index (χ1v) is 7.36. The van der Waals surface area contributed by atoms with Gasteiger partial charge in [0.15, 0.2) is 3.79 Å². The minimum absolute atomic E-state index is 0.141. The Morgan fingerprint density at radius 1 is 1.05 bits per heavy atom. The molecule has 0 aliphatic heterocycles.